The number of nitrogens with zero attached hydrogens (tertiary/aromatic N) is 2. The Morgan fingerprint density at radius 2 is 2.10 bits per heavy atom. The minimum Gasteiger partial charge on any atom is -0.357 e. The van der Waals surface area contributed by atoms with Crippen LogP contribution in [0.1, 0.15) is 34.8 Å². The van der Waals surface area contributed by atoms with E-state index in [4.69, 9.17) is 23.2 Å². The Hall–Kier alpha value is -2.35. The Balaban J connectivity index is 1.52. The van der Waals surface area contributed by atoms with Gasteiger partial charge in [0.1, 0.15) is 11.7 Å². The van der Waals surface area contributed by atoms with Gasteiger partial charge in [-0.1, -0.05) is 23.2 Å². The van der Waals surface area contributed by atoms with Crippen molar-refractivity contribution in [2.45, 2.75) is 32.2 Å². The highest BCUT2D eigenvalue weighted by molar-refractivity contribution is 7.09. The van der Waals surface area contributed by atoms with E-state index >= 15 is 0 Å². The van der Waals surface area contributed by atoms with Crippen molar-refractivity contribution >= 4 is 52.0 Å². The van der Waals surface area contributed by atoms with Gasteiger partial charge >= 0.3 is 0 Å². The number of likely N-dealkylation sites (tertiary alicyclic amines) is 1. The van der Waals surface area contributed by atoms with Crippen LogP contribution in [0.25, 0.3) is 11.3 Å². The van der Waals surface area contributed by atoms with Crippen molar-refractivity contribution in [3.05, 3.63) is 56.6 Å². The van der Waals surface area contributed by atoms with Crippen LogP contribution in [0.4, 0.5) is 5.69 Å². The molecule has 30 heavy (non-hydrogen) atoms. The lowest BCUT2D eigenvalue weighted by Gasteiger charge is -2.34. The number of rotatable bonds is 4. The molecule has 1 aromatic carbocycles. The van der Waals surface area contributed by atoms with Gasteiger partial charge in [-0.25, -0.2) is 4.98 Å². The number of carbonyl (C=O) groups excluding carboxylic acids is 2. The quantitative estimate of drug-likeness (QED) is 0.545. The molecule has 1 aliphatic rings. The van der Waals surface area contributed by atoms with Gasteiger partial charge in [0.2, 0.25) is 5.91 Å². The summed E-state index contributed by atoms with van der Waals surface area (Å²) >= 11 is 13.7. The predicted molar refractivity (Wildman–Crippen MR) is 120 cm³/mol. The molecule has 0 radical (unpaired) electrons. The highest BCUT2D eigenvalue weighted by Gasteiger charge is 2.33. The maximum Gasteiger partial charge on any atom is 0.270 e. The number of aromatic nitrogens is 2. The first-order valence-corrected chi connectivity index (χ1v) is 11.2. The van der Waals surface area contributed by atoms with Crippen LogP contribution in [-0.4, -0.2) is 39.3 Å². The van der Waals surface area contributed by atoms with Crippen LogP contribution < -0.4 is 5.32 Å². The lowest BCUT2D eigenvalue weighted by atomic mass is 10.0. The van der Waals surface area contributed by atoms with Gasteiger partial charge in [-0.15, -0.1) is 11.3 Å². The number of carbonyl (C=O) groups is 2. The Morgan fingerprint density at radius 1 is 1.27 bits per heavy atom. The molecule has 0 bridgehead atoms. The summed E-state index contributed by atoms with van der Waals surface area (Å²) in [5.74, 6) is -0.454. The van der Waals surface area contributed by atoms with Gasteiger partial charge in [0.25, 0.3) is 5.91 Å². The first-order chi connectivity index (χ1) is 14.4. The monoisotopic (exact) mass is 462 g/mol. The predicted octanol–water partition coefficient (Wildman–Crippen LogP) is 5.39. The van der Waals surface area contributed by atoms with Crippen molar-refractivity contribution in [3.63, 3.8) is 0 Å². The Labute approximate surface area is 188 Å². The molecule has 2 aromatic heterocycles. The number of anilines is 1. The molecule has 1 fully saturated rings. The minimum absolute atomic E-state index is 0.199. The number of aryl methyl sites for hydroxylation is 1. The molecule has 9 heteroatoms. The van der Waals surface area contributed by atoms with Crippen LogP contribution in [0.5, 0.6) is 0 Å². The number of H-pyrrole nitrogens is 1. The zero-order valence-corrected chi connectivity index (χ0v) is 18.6. The number of benzene rings is 1. The molecule has 1 unspecified atom stereocenters. The first-order valence-electron chi connectivity index (χ1n) is 9.60. The van der Waals surface area contributed by atoms with E-state index in [1.54, 1.807) is 46.7 Å². The number of piperidine rings is 1. The molecule has 3 heterocycles. The van der Waals surface area contributed by atoms with Crippen molar-refractivity contribution in [3.8, 4) is 11.3 Å². The third-order valence-electron chi connectivity index (χ3n) is 5.08. The first kappa shape index (κ1) is 20.9. The number of hydrogen-bond acceptors (Lipinski definition) is 4. The fraction of sp³-hybridized carbons (Fsp3) is 0.286. The van der Waals surface area contributed by atoms with Gasteiger partial charge in [0.05, 0.1) is 21.4 Å². The third-order valence-corrected chi connectivity index (χ3v) is 6.40. The fourth-order valence-electron chi connectivity index (χ4n) is 3.57. The minimum atomic E-state index is -0.564. The summed E-state index contributed by atoms with van der Waals surface area (Å²) in [5.41, 5.74) is 2.61. The number of halogens is 2. The van der Waals surface area contributed by atoms with Crippen LogP contribution in [-0.2, 0) is 4.79 Å². The Bertz CT molecular complexity index is 1090. The summed E-state index contributed by atoms with van der Waals surface area (Å²) in [6, 6.07) is 6.11. The van der Waals surface area contributed by atoms with E-state index in [2.05, 4.69) is 15.3 Å². The Kier molecular flexibility index (Phi) is 6.13. The van der Waals surface area contributed by atoms with E-state index in [0.29, 0.717) is 34.4 Å². The van der Waals surface area contributed by atoms with Gasteiger partial charge in [-0.3, -0.25) is 9.59 Å². The average Bonchev–Trinajstić information content (AvgIpc) is 3.38. The average molecular weight is 463 g/mol. The molecular formula is C21H20Cl2N4O2S. The molecule has 1 atom stereocenters. The lowest BCUT2D eigenvalue weighted by molar-refractivity contribution is -0.121. The van der Waals surface area contributed by atoms with E-state index in [9.17, 15) is 9.59 Å². The molecule has 3 aromatic rings. The summed E-state index contributed by atoms with van der Waals surface area (Å²) in [5, 5.41) is 6.61. The smallest absolute Gasteiger partial charge is 0.270 e. The molecule has 0 saturated carbocycles. The molecule has 2 amide bonds. The maximum atomic E-state index is 13.2. The van der Waals surface area contributed by atoms with Crippen LogP contribution in [0.2, 0.25) is 10.0 Å². The van der Waals surface area contributed by atoms with Crippen LogP contribution in [0.3, 0.4) is 0 Å². The van der Waals surface area contributed by atoms with Crippen molar-refractivity contribution in [1.29, 1.82) is 0 Å². The van der Waals surface area contributed by atoms with Gasteiger partial charge in [-0.2, -0.15) is 0 Å². The number of hydrogen-bond donors (Lipinski definition) is 2. The third kappa shape index (κ3) is 4.38. The van der Waals surface area contributed by atoms with E-state index in [1.807, 2.05) is 12.3 Å². The molecular weight excluding hydrogens is 443 g/mol. The molecule has 156 valence electrons. The van der Waals surface area contributed by atoms with Crippen molar-refractivity contribution < 1.29 is 9.59 Å². The normalized spacial score (nSPS) is 16.5. The zero-order valence-electron chi connectivity index (χ0n) is 16.2. The second kappa shape index (κ2) is 8.79. The van der Waals surface area contributed by atoms with Gasteiger partial charge in [-0.05, 0) is 50.5 Å². The molecule has 6 nitrogen and oxygen atoms in total. The lowest BCUT2D eigenvalue weighted by Crippen LogP contribution is -2.50. The molecule has 4 rings (SSSR count). The molecule has 0 spiro atoms. The van der Waals surface area contributed by atoms with Crippen LogP contribution >= 0.6 is 34.5 Å². The second-order valence-corrected chi connectivity index (χ2v) is 9.08. The van der Waals surface area contributed by atoms with Crippen molar-refractivity contribution in [2.24, 2.45) is 0 Å². The van der Waals surface area contributed by atoms with E-state index in [1.165, 1.54) is 0 Å². The van der Waals surface area contributed by atoms with Gasteiger partial charge in [0, 0.05) is 28.7 Å². The number of amides is 2. The van der Waals surface area contributed by atoms with Crippen LogP contribution in [0, 0.1) is 6.92 Å². The topological polar surface area (TPSA) is 78.1 Å². The maximum absolute atomic E-state index is 13.2. The van der Waals surface area contributed by atoms with E-state index < -0.39 is 6.04 Å². The highest BCUT2D eigenvalue weighted by Crippen LogP contribution is 2.28. The van der Waals surface area contributed by atoms with E-state index in [-0.39, 0.29) is 11.8 Å². The molecule has 1 aliphatic heterocycles. The standard InChI is InChI=1S/C21H20Cl2N4O2S/c1-12-25-18(11-30-12)13-8-17(24-10-13)21(29)27-7-3-2-4-19(27)20(28)26-16-6-5-14(22)9-15(16)23/h5-6,8-11,19,24H,2-4,7H2,1H3,(H,26,28). The fourth-order valence-corrected chi connectivity index (χ4v) is 4.65. The summed E-state index contributed by atoms with van der Waals surface area (Å²) in [6.07, 6.45) is 4.11. The molecule has 1 saturated heterocycles. The van der Waals surface area contributed by atoms with Crippen molar-refractivity contribution in [2.75, 3.05) is 11.9 Å². The SMILES string of the molecule is Cc1nc(-c2c[nH]c(C(=O)N3CCCCC3C(=O)Nc3ccc(Cl)cc3Cl)c2)cs1. The molecule has 0 aliphatic carbocycles. The number of thiazole rings is 1. The van der Waals surface area contributed by atoms with E-state index in [0.717, 1.165) is 29.1 Å². The van der Waals surface area contributed by atoms with Gasteiger partial charge < -0.3 is 15.2 Å². The largest absolute Gasteiger partial charge is 0.357 e. The summed E-state index contributed by atoms with van der Waals surface area (Å²) < 4.78 is 0. The van der Waals surface area contributed by atoms with Crippen molar-refractivity contribution in [1.82, 2.24) is 14.9 Å². The number of aromatic amines is 1. The molecule has 2 N–H and O–H groups in total. The number of nitrogens with one attached hydrogen (secondary N) is 2. The Morgan fingerprint density at radius 3 is 2.83 bits per heavy atom. The van der Waals surface area contributed by atoms with Crippen LogP contribution in [0.15, 0.2) is 35.8 Å². The zero-order chi connectivity index (χ0) is 21.3. The van der Waals surface area contributed by atoms with Gasteiger partial charge in [0.15, 0.2) is 0 Å². The second-order valence-electron chi connectivity index (χ2n) is 7.18. The summed E-state index contributed by atoms with van der Waals surface area (Å²) in [6.45, 7) is 2.46. The summed E-state index contributed by atoms with van der Waals surface area (Å²) in [7, 11) is 0. The summed E-state index contributed by atoms with van der Waals surface area (Å²) in [4.78, 5) is 35.3. The highest BCUT2D eigenvalue weighted by atomic mass is 35.5.